The summed E-state index contributed by atoms with van der Waals surface area (Å²) in [5.74, 6) is 2.73. The molecule has 0 amide bonds. The summed E-state index contributed by atoms with van der Waals surface area (Å²) in [4.78, 5) is 12.6. The quantitative estimate of drug-likeness (QED) is 0.245. The van der Waals surface area contributed by atoms with E-state index in [0.29, 0.717) is 39.5 Å². The fourth-order valence-electron chi connectivity index (χ4n) is 3.44. The molecular weight excluding hydrogens is 473 g/mol. The van der Waals surface area contributed by atoms with Crippen LogP contribution in [0.4, 0.5) is 4.39 Å². The lowest BCUT2D eigenvalue weighted by Gasteiger charge is -2.12. The maximum atomic E-state index is 13.2. The van der Waals surface area contributed by atoms with Gasteiger partial charge in [-0.2, -0.15) is 0 Å². The fourth-order valence-corrected chi connectivity index (χ4v) is 4.31. The number of hydrogen-bond donors (Lipinski definition) is 0. The second-order valence-corrected chi connectivity index (χ2v) is 8.40. The molecule has 1 aromatic heterocycles. The van der Waals surface area contributed by atoms with Gasteiger partial charge in [-0.1, -0.05) is 11.8 Å². The van der Waals surface area contributed by atoms with Gasteiger partial charge in [-0.15, -0.1) is 10.2 Å². The number of rotatable bonds is 9. The Hall–Kier alpha value is -4.05. The monoisotopic (exact) mass is 493 g/mol. The number of benzene rings is 3. The summed E-state index contributed by atoms with van der Waals surface area (Å²) in [7, 11) is 1.60. The Morgan fingerprint density at radius 1 is 1.00 bits per heavy atom. The zero-order valence-electron chi connectivity index (χ0n) is 18.6. The van der Waals surface area contributed by atoms with E-state index >= 15 is 0 Å². The number of nitrogens with zero attached hydrogens (tertiary/aromatic N) is 3. The molecule has 0 N–H and O–H groups in total. The number of thioether (sulfide) groups is 1. The number of carbonyl (C=O) groups excluding carboxylic acids is 1. The van der Waals surface area contributed by atoms with E-state index in [4.69, 9.17) is 18.9 Å². The van der Waals surface area contributed by atoms with E-state index in [0.717, 1.165) is 5.69 Å². The van der Waals surface area contributed by atoms with Crippen LogP contribution in [0.3, 0.4) is 0 Å². The van der Waals surface area contributed by atoms with Gasteiger partial charge in [-0.3, -0.25) is 9.36 Å². The van der Waals surface area contributed by atoms with Gasteiger partial charge in [0.2, 0.25) is 6.79 Å². The molecule has 0 unspecified atom stereocenters. The molecule has 0 fully saturated rings. The van der Waals surface area contributed by atoms with Gasteiger partial charge in [-0.05, 0) is 60.7 Å². The van der Waals surface area contributed by atoms with Crippen LogP contribution in [-0.2, 0) is 6.61 Å². The van der Waals surface area contributed by atoms with E-state index in [1.165, 1.54) is 36.0 Å². The summed E-state index contributed by atoms with van der Waals surface area (Å²) in [5, 5.41) is 9.12. The van der Waals surface area contributed by atoms with E-state index in [-0.39, 0.29) is 30.8 Å². The van der Waals surface area contributed by atoms with Gasteiger partial charge in [0, 0.05) is 17.3 Å². The summed E-state index contributed by atoms with van der Waals surface area (Å²) >= 11 is 1.24. The Labute approximate surface area is 204 Å². The first-order valence-electron chi connectivity index (χ1n) is 10.6. The van der Waals surface area contributed by atoms with Crippen LogP contribution in [0.1, 0.15) is 16.2 Å². The second kappa shape index (κ2) is 10.1. The van der Waals surface area contributed by atoms with Crippen molar-refractivity contribution in [1.29, 1.82) is 0 Å². The number of ether oxygens (including phenoxy) is 4. The zero-order valence-corrected chi connectivity index (χ0v) is 19.5. The van der Waals surface area contributed by atoms with Crippen LogP contribution >= 0.6 is 11.8 Å². The molecule has 0 spiro atoms. The number of fused-ring (bicyclic) bond motifs is 1. The molecule has 4 aromatic rings. The van der Waals surface area contributed by atoms with Crippen molar-refractivity contribution in [3.63, 3.8) is 0 Å². The minimum Gasteiger partial charge on any atom is -0.497 e. The number of ketones is 1. The molecule has 178 valence electrons. The number of Topliss-reactive ketones (excluding diaryl/α,β-unsaturated/α-hetero) is 1. The number of halogens is 1. The Morgan fingerprint density at radius 3 is 2.51 bits per heavy atom. The molecule has 0 saturated carbocycles. The predicted molar refractivity (Wildman–Crippen MR) is 126 cm³/mol. The van der Waals surface area contributed by atoms with Crippen molar-refractivity contribution < 1.29 is 28.1 Å². The van der Waals surface area contributed by atoms with E-state index < -0.39 is 0 Å². The predicted octanol–water partition coefficient (Wildman–Crippen LogP) is 4.70. The summed E-state index contributed by atoms with van der Waals surface area (Å²) in [6.45, 7) is 0.312. The molecule has 35 heavy (non-hydrogen) atoms. The maximum absolute atomic E-state index is 13.2. The average molecular weight is 494 g/mol. The van der Waals surface area contributed by atoms with Crippen molar-refractivity contribution in [3.05, 3.63) is 83.9 Å². The van der Waals surface area contributed by atoms with Gasteiger partial charge in [0.15, 0.2) is 28.3 Å². The van der Waals surface area contributed by atoms with Crippen molar-refractivity contribution >= 4 is 17.5 Å². The molecule has 8 nitrogen and oxygen atoms in total. The highest BCUT2D eigenvalue weighted by Gasteiger charge is 2.19. The van der Waals surface area contributed by atoms with Crippen molar-refractivity contribution in [2.24, 2.45) is 0 Å². The number of carbonyl (C=O) groups is 1. The molecule has 2 heterocycles. The van der Waals surface area contributed by atoms with Crippen LogP contribution in [0.25, 0.3) is 5.69 Å². The van der Waals surface area contributed by atoms with Crippen LogP contribution in [0.15, 0.2) is 71.9 Å². The molecule has 0 saturated heterocycles. The van der Waals surface area contributed by atoms with E-state index in [1.54, 1.807) is 25.3 Å². The van der Waals surface area contributed by atoms with E-state index in [1.807, 2.05) is 28.8 Å². The maximum Gasteiger partial charge on any atom is 0.231 e. The van der Waals surface area contributed by atoms with Crippen molar-refractivity contribution in [3.8, 4) is 28.7 Å². The highest BCUT2D eigenvalue weighted by atomic mass is 32.2. The van der Waals surface area contributed by atoms with Crippen LogP contribution in [0.2, 0.25) is 0 Å². The highest BCUT2D eigenvalue weighted by Crippen LogP contribution is 2.35. The van der Waals surface area contributed by atoms with E-state index in [9.17, 15) is 9.18 Å². The number of hydrogen-bond acceptors (Lipinski definition) is 8. The third kappa shape index (κ3) is 5.07. The Balaban J connectivity index is 1.37. The molecule has 1 aliphatic heterocycles. The van der Waals surface area contributed by atoms with Crippen molar-refractivity contribution in [2.45, 2.75) is 11.8 Å². The molecule has 5 rings (SSSR count). The van der Waals surface area contributed by atoms with Crippen molar-refractivity contribution in [2.75, 3.05) is 19.7 Å². The molecule has 0 aliphatic carbocycles. The Bertz CT molecular complexity index is 1340. The topological polar surface area (TPSA) is 84.7 Å². The van der Waals surface area contributed by atoms with Gasteiger partial charge in [0.05, 0.1) is 12.9 Å². The van der Waals surface area contributed by atoms with Crippen LogP contribution in [-0.4, -0.2) is 40.2 Å². The number of aromatic nitrogens is 3. The van der Waals surface area contributed by atoms with Gasteiger partial charge in [0.25, 0.3) is 0 Å². The zero-order chi connectivity index (χ0) is 24.2. The average Bonchev–Trinajstić information content (AvgIpc) is 3.53. The number of methoxy groups -OCH3 is 1. The minimum atomic E-state index is -0.388. The standard InChI is InChI=1S/C25H20FN3O5S/c1-31-19-8-6-18(7-9-19)29-24(13-32-20-10-11-22-23(12-20)34-15-33-22)27-28-25(29)35-14-21(30)16-2-4-17(26)5-3-16/h2-12H,13-15H2,1H3. The van der Waals surface area contributed by atoms with Gasteiger partial charge < -0.3 is 18.9 Å². The van der Waals surface area contributed by atoms with Crippen molar-refractivity contribution in [1.82, 2.24) is 14.8 Å². The summed E-state index contributed by atoms with van der Waals surface area (Å²) in [5.41, 5.74) is 1.22. The largest absolute Gasteiger partial charge is 0.497 e. The van der Waals surface area contributed by atoms with Gasteiger partial charge in [0.1, 0.15) is 23.9 Å². The van der Waals surface area contributed by atoms with Gasteiger partial charge >= 0.3 is 0 Å². The second-order valence-electron chi connectivity index (χ2n) is 7.45. The molecule has 10 heteroatoms. The first kappa shape index (κ1) is 22.7. The first-order valence-corrected chi connectivity index (χ1v) is 11.6. The smallest absolute Gasteiger partial charge is 0.231 e. The molecule has 0 atom stereocenters. The fraction of sp³-hybridized carbons (Fsp3) is 0.160. The lowest BCUT2D eigenvalue weighted by atomic mass is 10.1. The third-order valence-electron chi connectivity index (χ3n) is 5.24. The summed E-state index contributed by atoms with van der Waals surface area (Å²) in [6.07, 6.45) is 0. The normalized spacial score (nSPS) is 11.9. The SMILES string of the molecule is COc1ccc(-n2c(COc3ccc4c(c3)OCO4)nnc2SCC(=O)c2ccc(F)cc2)cc1. The minimum absolute atomic E-state index is 0.114. The van der Waals surface area contributed by atoms with E-state index in [2.05, 4.69) is 10.2 Å². The lowest BCUT2D eigenvalue weighted by molar-refractivity contribution is 0.102. The molecule has 0 radical (unpaired) electrons. The Kier molecular flexibility index (Phi) is 6.53. The molecule has 1 aliphatic rings. The lowest BCUT2D eigenvalue weighted by Crippen LogP contribution is -2.08. The molecular formula is C25H20FN3O5S. The van der Waals surface area contributed by atoms with Crippen LogP contribution in [0, 0.1) is 5.82 Å². The Morgan fingerprint density at radius 2 is 1.74 bits per heavy atom. The molecule has 0 bridgehead atoms. The molecule has 3 aromatic carbocycles. The van der Waals surface area contributed by atoms with Crippen LogP contribution in [0.5, 0.6) is 23.0 Å². The third-order valence-corrected chi connectivity index (χ3v) is 6.17. The highest BCUT2D eigenvalue weighted by molar-refractivity contribution is 7.99. The van der Waals surface area contributed by atoms with Crippen LogP contribution < -0.4 is 18.9 Å². The summed E-state index contributed by atoms with van der Waals surface area (Å²) < 4.78 is 37.0. The summed E-state index contributed by atoms with van der Waals surface area (Å²) in [6, 6.07) is 18.2. The first-order chi connectivity index (χ1) is 17.1. The van der Waals surface area contributed by atoms with Gasteiger partial charge in [-0.25, -0.2) is 4.39 Å².